The van der Waals surface area contributed by atoms with Crippen LogP contribution in [0.1, 0.15) is 16.7 Å². The van der Waals surface area contributed by atoms with Gasteiger partial charge in [0.25, 0.3) is 0 Å². The zero-order valence-corrected chi connectivity index (χ0v) is 21.1. The van der Waals surface area contributed by atoms with Crippen molar-refractivity contribution in [3.05, 3.63) is 87.8 Å². The highest BCUT2D eigenvalue weighted by atomic mass is 16.5. The van der Waals surface area contributed by atoms with Gasteiger partial charge in [0.15, 0.2) is 11.5 Å². The van der Waals surface area contributed by atoms with Crippen LogP contribution < -0.4 is 29.1 Å². The van der Waals surface area contributed by atoms with E-state index >= 15 is 0 Å². The molecule has 8 nitrogen and oxygen atoms in total. The SMILES string of the molecule is COc1cc(C=CC(=O)Oc2ccc3c(=O)c(Oc4cc(C)ccc4C)coc3c2)cc(OC)c1OC. The molecule has 190 valence electrons. The smallest absolute Gasteiger partial charge is 0.336 e. The summed E-state index contributed by atoms with van der Waals surface area (Å²) in [6.45, 7) is 3.84. The van der Waals surface area contributed by atoms with Crippen molar-refractivity contribution in [1.29, 1.82) is 0 Å². The van der Waals surface area contributed by atoms with Gasteiger partial charge >= 0.3 is 5.97 Å². The van der Waals surface area contributed by atoms with Crippen molar-refractivity contribution in [3.8, 4) is 34.5 Å². The Balaban J connectivity index is 1.52. The second kappa shape index (κ2) is 10.9. The summed E-state index contributed by atoms with van der Waals surface area (Å²) < 4.78 is 32.8. The van der Waals surface area contributed by atoms with E-state index in [-0.39, 0.29) is 22.5 Å². The number of fused-ring (bicyclic) bond motifs is 1. The lowest BCUT2D eigenvalue weighted by Crippen LogP contribution is -2.07. The maximum Gasteiger partial charge on any atom is 0.336 e. The first kappa shape index (κ1) is 25.4. The van der Waals surface area contributed by atoms with Gasteiger partial charge in [-0.15, -0.1) is 0 Å². The highest BCUT2D eigenvalue weighted by molar-refractivity contribution is 5.89. The fourth-order valence-electron chi connectivity index (χ4n) is 3.67. The normalized spacial score (nSPS) is 10.9. The highest BCUT2D eigenvalue weighted by Crippen LogP contribution is 2.38. The van der Waals surface area contributed by atoms with Crippen molar-refractivity contribution in [1.82, 2.24) is 0 Å². The fourth-order valence-corrected chi connectivity index (χ4v) is 3.67. The Morgan fingerprint density at radius 3 is 2.24 bits per heavy atom. The lowest BCUT2D eigenvalue weighted by Gasteiger charge is -2.12. The Kier molecular flexibility index (Phi) is 7.48. The van der Waals surface area contributed by atoms with Crippen LogP contribution in [0.3, 0.4) is 0 Å². The first-order chi connectivity index (χ1) is 17.8. The van der Waals surface area contributed by atoms with Gasteiger partial charge < -0.3 is 28.1 Å². The van der Waals surface area contributed by atoms with Gasteiger partial charge in [0.2, 0.25) is 16.9 Å². The van der Waals surface area contributed by atoms with Gasteiger partial charge in [-0.25, -0.2) is 4.79 Å². The lowest BCUT2D eigenvalue weighted by molar-refractivity contribution is -0.128. The van der Waals surface area contributed by atoms with Crippen molar-refractivity contribution in [3.63, 3.8) is 0 Å². The van der Waals surface area contributed by atoms with Crippen molar-refractivity contribution in [2.24, 2.45) is 0 Å². The first-order valence-electron chi connectivity index (χ1n) is 11.3. The van der Waals surface area contributed by atoms with E-state index in [1.165, 1.54) is 51.9 Å². The molecule has 3 aromatic carbocycles. The fraction of sp³-hybridized carbons (Fsp3) is 0.172. The zero-order chi connectivity index (χ0) is 26.5. The molecule has 37 heavy (non-hydrogen) atoms. The monoisotopic (exact) mass is 502 g/mol. The number of aryl methyl sites for hydroxylation is 2. The molecule has 4 aromatic rings. The van der Waals surface area contributed by atoms with E-state index in [0.717, 1.165) is 11.1 Å². The molecule has 0 aliphatic rings. The number of ether oxygens (including phenoxy) is 5. The first-order valence-corrected chi connectivity index (χ1v) is 11.3. The molecular weight excluding hydrogens is 476 g/mol. The summed E-state index contributed by atoms with van der Waals surface area (Å²) in [7, 11) is 4.53. The average molecular weight is 503 g/mol. The van der Waals surface area contributed by atoms with Crippen LogP contribution in [0, 0.1) is 13.8 Å². The van der Waals surface area contributed by atoms with Crippen LogP contribution in [-0.2, 0) is 4.79 Å². The summed E-state index contributed by atoms with van der Waals surface area (Å²) in [5.41, 5.74) is 2.48. The van der Waals surface area contributed by atoms with Crippen molar-refractivity contribution >= 4 is 23.0 Å². The number of hydrogen-bond donors (Lipinski definition) is 0. The Hall–Kier alpha value is -4.72. The molecule has 0 atom stereocenters. The van der Waals surface area contributed by atoms with Gasteiger partial charge in [-0.3, -0.25) is 4.79 Å². The molecule has 1 heterocycles. The number of esters is 1. The third-order valence-electron chi connectivity index (χ3n) is 5.60. The molecule has 0 N–H and O–H groups in total. The molecule has 0 aliphatic carbocycles. The molecule has 0 amide bonds. The standard InChI is InChI=1S/C29H26O8/c1-17-6-7-18(2)22(12-17)37-26-16-35-23-15-20(9-10-21(23)28(26)31)36-27(30)11-8-19-13-24(32-3)29(34-5)25(14-19)33-4/h6-16H,1-5H3. The Bertz CT molecular complexity index is 1520. The zero-order valence-electron chi connectivity index (χ0n) is 21.1. The van der Waals surface area contributed by atoms with E-state index in [9.17, 15) is 9.59 Å². The van der Waals surface area contributed by atoms with Crippen LogP contribution in [0.2, 0.25) is 0 Å². The molecule has 0 saturated heterocycles. The predicted molar refractivity (Wildman–Crippen MR) is 139 cm³/mol. The number of hydrogen-bond acceptors (Lipinski definition) is 8. The lowest BCUT2D eigenvalue weighted by atomic mass is 10.1. The number of carbonyl (C=O) groups is 1. The number of methoxy groups -OCH3 is 3. The maximum absolute atomic E-state index is 12.9. The number of benzene rings is 3. The van der Waals surface area contributed by atoms with Crippen LogP contribution in [-0.4, -0.2) is 27.3 Å². The summed E-state index contributed by atoms with van der Waals surface area (Å²) in [5, 5.41) is 0.301. The van der Waals surface area contributed by atoms with Crippen molar-refractivity contribution < 1.29 is 32.9 Å². The van der Waals surface area contributed by atoms with Gasteiger partial charge in [-0.1, -0.05) is 12.1 Å². The second-order valence-electron chi connectivity index (χ2n) is 8.17. The molecule has 0 fully saturated rings. The van der Waals surface area contributed by atoms with Crippen LogP contribution in [0.15, 0.2) is 70.1 Å². The van der Waals surface area contributed by atoms with Crippen LogP contribution in [0.25, 0.3) is 17.0 Å². The van der Waals surface area contributed by atoms with Crippen molar-refractivity contribution in [2.75, 3.05) is 21.3 Å². The molecule has 0 spiro atoms. The van der Waals surface area contributed by atoms with E-state index in [0.29, 0.717) is 33.9 Å². The minimum Gasteiger partial charge on any atom is -0.493 e. The summed E-state index contributed by atoms with van der Waals surface area (Å²) in [5.74, 6) is 1.62. The van der Waals surface area contributed by atoms with Gasteiger partial charge in [-0.05, 0) is 66.9 Å². The van der Waals surface area contributed by atoms with Crippen molar-refractivity contribution in [2.45, 2.75) is 13.8 Å². The van der Waals surface area contributed by atoms with Crippen LogP contribution in [0.4, 0.5) is 0 Å². The molecule has 1 aromatic heterocycles. The summed E-state index contributed by atoms with van der Waals surface area (Å²) >= 11 is 0. The summed E-state index contributed by atoms with van der Waals surface area (Å²) in [4.78, 5) is 25.4. The van der Waals surface area contributed by atoms with E-state index in [1.54, 1.807) is 18.2 Å². The Labute approximate surface area is 213 Å². The predicted octanol–water partition coefficient (Wildman–Crippen LogP) is 5.85. The average Bonchev–Trinajstić information content (AvgIpc) is 2.90. The molecule has 0 saturated carbocycles. The van der Waals surface area contributed by atoms with E-state index < -0.39 is 5.97 Å². The van der Waals surface area contributed by atoms with E-state index in [1.807, 2.05) is 32.0 Å². The third kappa shape index (κ3) is 5.59. The molecule has 0 radical (unpaired) electrons. The second-order valence-corrected chi connectivity index (χ2v) is 8.17. The largest absolute Gasteiger partial charge is 0.493 e. The minimum absolute atomic E-state index is 0.0687. The molecular formula is C29H26O8. The molecule has 4 rings (SSSR count). The Morgan fingerprint density at radius 2 is 1.57 bits per heavy atom. The van der Waals surface area contributed by atoms with E-state index in [2.05, 4.69) is 0 Å². The Morgan fingerprint density at radius 1 is 0.838 bits per heavy atom. The summed E-state index contributed by atoms with van der Waals surface area (Å²) in [6, 6.07) is 13.7. The van der Waals surface area contributed by atoms with Gasteiger partial charge in [-0.2, -0.15) is 0 Å². The molecule has 0 bridgehead atoms. The topological polar surface area (TPSA) is 93.4 Å². The molecule has 0 unspecified atom stereocenters. The maximum atomic E-state index is 12.9. The number of rotatable bonds is 8. The van der Waals surface area contributed by atoms with Crippen LogP contribution in [0.5, 0.6) is 34.5 Å². The van der Waals surface area contributed by atoms with Crippen LogP contribution >= 0.6 is 0 Å². The third-order valence-corrected chi connectivity index (χ3v) is 5.60. The van der Waals surface area contributed by atoms with Gasteiger partial charge in [0, 0.05) is 12.1 Å². The van der Waals surface area contributed by atoms with E-state index in [4.69, 9.17) is 28.1 Å². The minimum atomic E-state index is -0.620. The summed E-state index contributed by atoms with van der Waals surface area (Å²) in [6.07, 6.45) is 4.08. The highest BCUT2D eigenvalue weighted by Gasteiger charge is 2.14. The van der Waals surface area contributed by atoms with Gasteiger partial charge in [0.1, 0.15) is 23.3 Å². The van der Waals surface area contributed by atoms with Gasteiger partial charge in [0.05, 0.1) is 26.7 Å². The molecule has 0 aliphatic heterocycles. The number of carbonyl (C=O) groups excluding carboxylic acids is 1. The quantitative estimate of drug-likeness (QED) is 0.168. The molecule has 8 heteroatoms.